The van der Waals surface area contributed by atoms with Crippen molar-refractivity contribution in [3.63, 3.8) is 0 Å². The van der Waals surface area contributed by atoms with Gasteiger partial charge >= 0.3 is 0 Å². The summed E-state index contributed by atoms with van der Waals surface area (Å²) < 4.78 is 0. The minimum atomic E-state index is 0.0785. The number of nitrogens with one attached hydrogen (secondary N) is 1. The molecule has 2 saturated heterocycles. The SMILES string of the molecule is C[C@@H](NC(=O)C1CCN(C)CC1)c1ccc(N2CCCC2)cc1. The summed E-state index contributed by atoms with van der Waals surface area (Å²) in [4.78, 5) is 17.2. The standard InChI is InChI=1S/C19H29N3O/c1-15(20-19(23)17-9-13-21(2)14-10-17)16-5-7-18(8-6-16)22-11-3-4-12-22/h5-8,15,17H,3-4,9-14H2,1-2H3,(H,20,23)/t15-/m1/s1. The second-order valence-electron chi connectivity index (χ2n) is 7.09. The van der Waals surface area contributed by atoms with Crippen LogP contribution in [0, 0.1) is 5.92 Å². The van der Waals surface area contributed by atoms with E-state index in [1.807, 2.05) is 0 Å². The summed E-state index contributed by atoms with van der Waals surface area (Å²) in [5.74, 6) is 0.395. The summed E-state index contributed by atoms with van der Waals surface area (Å²) in [6, 6.07) is 8.79. The third-order valence-corrected chi connectivity index (χ3v) is 5.31. The molecular weight excluding hydrogens is 286 g/mol. The first-order chi connectivity index (χ1) is 11.1. The summed E-state index contributed by atoms with van der Waals surface area (Å²) >= 11 is 0. The highest BCUT2D eigenvalue weighted by Gasteiger charge is 2.24. The number of nitrogens with zero attached hydrogens (tertiary/aromatic N) is 2. The van der Waals surface area contributed by atoms with Gasteiger partial charge in [0.15, 0.2) is 0 Å². The number of rotatable bonds is 4. The molecule has 3 rings (SSSR count). The number of piperidine rings is 1. The van der Waals surface area contributed by atoms with Gasteiger partial charge in [0, 0.05) is 24.7 Å². The Hall–Kier alpha value is -1.55. The summed E-state index contributed by atoms with van der Waals surface area (Å²) in [6.45, 7) is 6.47. The zero-order valence-corrected chi connectivity index (χ0v) is 14.4. The van der Waals surface area contributed by atoms with E-state index in [-0.39, 0.29) is 17.9 Å². The largest absolute Gasteiger partial charge is 0.372 e. The van der Waals surface area contributed by atoms with Gasteiger partial charge in [0.05, 0.1) is 6.04 Å². The second kappa shape index (κ2) is 7.35. The molecule has 0 radical (unpaired) electrons. The molecule has 0 spiro atoms. The minimum absolute atomic E-state index is 0.0785. The number of amides is 1. The van der Waals surface area contributed by atoms with Gasteiger partial charge in [0.2, 0.25) is 5.91 Å². The maximum atomic E-state index is 12.4. The summed E-state index contributed by atoms with van der Waals surface area (Å²) in [6.07, 6.45) is 4.54. The minimum Gasteiger partial charge on any atom is -0.372 e. The maximum absolute atomic E-state index is 12.4. The third-order valence-electron chi connectivity index (χ3n) is 5.31. The Morgan fingerprint density at radius 2 is 1.70 bits per heavy atom. The molecule has 2 heterocycles. The highest BCUT2D eigenvalue weighted by Crippen LogP contribution is 2.23. The summed E-state index contributed by atoms with van der Waals surface area (Å²) in [5, 5.41) is 3.20. The van der Waals surface area contributed by atoms with Crippen LogP contribution in [0.2, 0.25) is 0 Å². The van der Waals surface area contributed by atoms with Crippen LogP contribution >= 0.6 is 0 Å². The molecule has 0 saturated carbocycles. The van der Waals surface area contributed by atoms with E-state index in [2.05, 4.69) is 53.4 Å². The summed E-state index contributed by atoms with van der Waals surface area (Å²) in [5.41, 5.74) is 2.49. The van der Waals surface area contributed by atoms with Crippen LogP contribution in [-0.4, -0.2) is 44.0 Å². The Bertz CT molecular complexity index is 514. The Labute approximate surface area is 139 Å². The summed E-state index contributed by atoms with van der Waals surface area (Å²) in [7, 11) is 2.12. The van der Waals surface area contributed by atoms with Crippen molar-refractivity contribution in [1.29, 1.82) is 0 Å². The fraction of sp³-hybridized carbons (Fsp3) is 0.632. The average Bonchev–Trinajstić information content (AvgIpc) is 3.10. The van der Waals surface area contributed by atoms with Gasteiger partial charge in [-0.3, -0.25) is 4.79 Å². The van der Waals surface area contributed by atoms with Crippen molar-refractivity contribution in [3.05, 3.63) is 29.8 Å². The molecule has 1 aromatic rings. The first kappa shape index (κ1) is 16.3. The van der Waals surface area contributed by atoms with Crippen molar-refractivity contribution >= 4 is 11.6 Å². The molecule has 1 atom stereocenters. The van der Waals surface area contributed by atoms with Gasteiger partial charge < -0.3 is 15.1 Å². The van der Waals surface area contributed by atoms with Crippen molar-refractivity contribution in [2.75, 3.05) is 38.1 Å². The Morgan fingerprint density at radius 3 is 2.30 bits per heavy atom. The Balaban J connectivity index is 1.55. The van der Waals surface area contributed by atoms with E-state index in [0.29, 0.717) is 0 Å². The smallest absolute Gasteiger partial charge is 0.223 e. The number of benzene rings is 1. The average molecular weight is 315 g/mol. The molecule has 1 N–H and O–H groups in total. The quantitative estimate of drug-likeness (QED) is 0.928. The van der Waals surface area contributed by atoms with Crippen molar-refractivity contribution < 1.29 is 4.79 Å². The molecule has 2 aliphatic heterocycles. The third kappa shape index (κ3) is 4.05. The number of hydrogen-bond donors (Lipinski definition) is 1. The first-order valence-electron chi connectivity index (χ1n) is 8.97. The van der Waals surface area contributed by atoms with Crippen molar-refractivity contribution in [2.45, 2.75) is 38.6 Å². The molecule has 23 heavy (non-hydrogen) atoms. The number of anilines is 1. The Morgan fingerprint density at radius 1 is 1.09 bits per heavy atom. The van der Waals surface area contributed by atoms with Gasteiger partial charge in [0.1, 0.15) is 0 Å². The topological polar surface area (TPSA) is 35.6 Å². The molecule has 126 valence electrons. The van der Waals surface area contributed by atoms with E-state index in [0.717, 1.165) is 25.9 Å². The lowest BCUT2D eigenvalue weighted by Crippen LogP contribution is -2.39. The lowest BCUT2D eigenvalue weighted by atomic mass is 9.95. The van der Waals surface area contributed by atoms with Gasteiger partial charge in [0.25, 0.3) is 0 Å². The molecule has 4 nitrogen and oxygen atoms in total. The van der Waals surface area contributed by atoms with Gasteiger partial charge in [-0.15, -0.1) is 0 Å². The molecular formula is C19H29N3O. The van der Waals surface area contributed by atoms with Crippen LogP contribution in [0.15, 0.2) is 24.3 Å². The predicted molar refractivity (Wildman–Crippen MR) is 94.7 cm³/mol. The van der Waals surface area contributed by atoms with Crippen LogP contribution in [-0.2, 0) is 4.79 Å². The van der Waals surface area contributed by atoms with Crippen LogP contribution in [0.25, 0.3) is 0 Å². The molecule has 0 aromatic heterocycles. The second-order valence-corrected chi connectivity index (χ2v) is 7.09. The number of carbonyl (C=O) groups excluding carboxylic acids is 1. The van der Waals surface area contributed by atoms with Gasteiger partial charge in [-0.05, 0) is 70.4 Å². The predicted octanol–water partition coefficient (Wildman–Crippen LogP) is 2.81. The lowest BCUT2D eigenvalue weighted by Gasteiger charge is -2.29. The Kier molecular flexibility index (Phi) is 5.21. The van der Waals surface area contributed by atoms with Crippen LogP contribution in [0.5, 0.6) is 0 Å². The van der Waals surface area contributed by atoms with E-state index in [9.17, 15) is 4.79 Å². The maximum Gasteiger partial charge on any atom is 0.223 e. The monoisotopic (exact) mass is 315 g/mol. The van der Waals surface area contributed by atoms with Crippen LogP contribution in [0.1, 0.15) is 44.2 Å². The zero-order valence-electron chi connectivity index (χ0n) is 14.4. The first-order valence-corrected chi connectivity index (χ1v) is 8.97. The number of carbonyl (C=O) groups is 1. The molecule has 2 fully saturated rings. The number of likely N-dealkylation sites (tertiary alicyclic amines) is 1. The fourth-order valence-electron chi connectivity index (χ4n) is 3.63. The highest BCUT2D eigenvalue weighted by atomic mass is 16.1. The van der Waals surface area contributed by atoms with Crippen LogP contribution < -0.4 is 10.2 Å². The van der Waals surface area contributed by atoms with Crippen LogP contribution in [0.4, 0.5) is 5.69 Å². The van der Waals surface area contributed by atoms with E-state index >= 15 is 0 Å². The lowest BCUT2D eigenvalue weighted by molar-refractivity contribution is -0.127. The molecule has 1 amide bonds. The van der Waals surface area contributed by atoms with E-state index in [1.165, 1.54) is 37.2 Å². The number of hydrogen-bond acceptors (Lipinski definition) is 3. The van der Waals surface area contributed by atoms with Crippen molar-refractivity contribution in [2.24, 2.45) is 5.92 Å². The molecule has 0 unspecified atom stereocenters. The van der Waals surface area contributed by atoms with E-state index in [4.69, 9.17) is 0 Å². The zero-order chi connectivity index (χ0) is 16.2. The van der Waals surface area contributed by atoms with Crippen LogP contribution in [0.3, 0.4) is 0 Å². The van der Waals surface area contributed by atoms with Gasteiger partial charge in [-0.25, -0.2) is 0 Å². The van der Waals surface area contributed by atoms with Gasteiger partial charge in [-0.1, -0.05) is 12.1 Å². The highest BCUT2D eigenvalue weighted by molar-refractivity contribution is 5.79. The fourth-order valence-corrected chi connectivity index (χ4v) is 3.63. The molecule has 4 heteroatoms. The van der Waals surface area contributed by atoms with Crippen molar-refractivity contribution in [3.8, 4) is 0 Å². The molecule has 0 aliphatic carbocycles. The van der Waals surface area contributed by atoms with E-state index in [1.54, 1.807) is 0 Å². The van der Waals surface area contributed by atoms with Crippen molar-refractivity contribution in [1.82, 2.24) is 10.2 Å². The van der Waals surface area contributed by atoms with E-state index < -0.39 is 0 Å². The molecule has 1 aromatic carbocycles. The van der Waals surface area contributed by atoms with Gasteiger partial charge in [-0.2, -0.15) is 0 Å². The molecule has 2 aliphatic rings. The normalized spacial score (nSPS) is 21.4. The molecule has 0 bridgehead atoms.